The number of carbonyl (C=O) groups is 1. The predicted molar refractivity (Wildman–Crippen MR) is 113 cm³/mol. The van der Waals surface area contributed by atoms with Gasteiger partial charge in [-0.25, -0.2) is 0 Å². The highest BCUT2D eigenvalue weighted by Crippen LogP contribution is 2.24. The maximum Gasteiger partial charge on any atom is 0.254 e. The van der Waals surface area contributed by atoms with E-state index < -0.39 is 0 Å². The van der Waals surface area contributed by atoms with Crippen molar-refractivity contribution in [2.75, 3.05) is 31.1 Å². The zero-order valence-electron chi connectivity index (χ0n) is 15.4. The minimum Gasteiger partial charge on any atom is -0.457 e. The Morgan fingerprint density at radius 2 is 1.50 bits per heavy atom. The van der Waals surface area contributed by atoms with Crippen LogP contribution < -0.4 is 9.64 Å². The lowest BCUT2D eigenvalue weighted by Crippen LogP contribution is -2.48. The Morgan fingerprint density at radius 1 is 0.786 bits per heavy atom. The standard InChI is InChI=1S/C23H21ClN2O2/c24-19-7-5-8-20(17-19)25-12-14-26(15-13-25)23(27)18-6-4-11-22(16-18)28-21-9-2-1-3-10-21/h1-11,16-17H,12-15H2. The average Bonchev–Trinajstić information content (AvgIpc) is 2.74. The number of amides is 1. The molecule has 0 N–H and O–H groups in total. The molecule has 1 saturated heterocycles. The molecule has 5 heteroatoms. The monoisotopic (exact) mass is 392 g/mol. The smallest absolute Gasteiger partial charge is 0.254 e. The summed E-state index contributed by atoms with van der Waals surface area (Å²) in [5.41, 5.74) is 1.74. The van der Waals surface area contributed by atoms with Crippen molar-refractivity contribution in [3.05, 3.63) is 89.4 Å². The quantitative estimate of drug-likeness (QED) is 0.619. The highest BCUT2D eigenvalue weighted by atomic mass is 35.5. The molecule has 0 spiro atoms. The SMILES string of the molecule is O=C(c1cccc(Oc2ccccc2)c1)N1CCN(c2cccc(Cl)c2)CC1. The number of anilines is 1. The molecular formula is C23H21ClN2O2. The van der Waals surface area contributed by atoms with Crippen LogP contribution in [0.5, 0.6) is 11.5 Å². The zero-order chi connectivity index (χ0) is 19.3. The van der Waals surface area contributed by atoms with E-state index in [0.717, 1.165) is 29.5 Å². The van der Waals surface area contributed by atoms with Crippen LogP contribution in [0.15, 0.2) is 78.9 Å². The minimum absolute atomic E-state index is 0.0317. The van der Waals surface area contributed by atoms with Gasteiger partial charge in [-0.3, -0.25) is 4.79 Å². The Kier molecular flexibility index (Phi) is 5.49. The van der Waals surface area contributed by atoms with Gasteiger partial charge < -0.3 is 14.5 Å². The van der Waals surface area contributed by atoms with E-state index in [2.05, 4.69) is 4.90 Å². The average molecular weight is 393 g/mol. The van der Waals surface area contributed by atoms with E-state index in [0.29, 0.717) is 24.4 Å². The van der Waals surface area contributed by atoms with Crippen molar-refractivity contribution < 1.29 is 9.53 Å². The van der Waals surface area contributed by atoms with E-state index >= 15 is 0 Å². The molecule has 1 fully saturated rings. The highest BCUT2D eigenvalue weighted by molar-refractivity contribution is 6.30. The first-order valence-electron chi connectivity index (χ1n) is 9.32. The van der Waals surface area contributed by atoms with Gasteiger partial charge in [0.2, 0.25) is 0 Å². The lowest BCUT2D eigenvalue weighted by molar-refractivity contribution is 0.0746. The molecule has 1 aliphatic heterocycles. The Bertz CT molecular complexity index is 954. The van der Waals surface area contributed by atoms with E-state index in [-0.39, 0.29) is 5.91 Å². The van der Waals surface area contributed by atoms with Gasteiger partial charge in [0, 0.05) is 42.5 Å². The number of hydrogen-bond acceptors (Lipinski definition) is 3. The van der Waals surface area contributed by atoms with Crippen molar-refractivity contribution in [1.29, 1.82) is 0 Å². The number of rotatable bonds is 4. The molecule has 1 heterocycles. The van der Waals surface area contributed by atoms with Gasteiger partial charge in [0.05, 0.1) is 0 Å². The normalized spacial score (nSPS) is 14.0. The molecule has 4 nitrogen and oxygen atoms in total. The first-order valence-corrected chi connectivity index (χ1v) is 9.69. The Hall–Kier alpha value is -2.98. The molecule has 1 aliphatic rings. The summed E-state index contributed by atoms with van der Waals surface area (Å²) in [7, 11) is 0. The summed E-state index contributed by atoms with van der Waals surface area (Å²) in [5.74, 6) is 1.45. The summed E-state index contributed by atoms with van der Waals surface area (Å²) in [6.45, 7) is 2.92. The molecule has 0 aromatic heterocycles. The summed E-state index contributed by atoms with van der Waals surface area (Å²) in [4.78, 5) is 17.1. The van der Waals surface area contributed by atoms with Gasteiger partial charge in [-0.05, 0) is 48.5 Å². The van der Waals surface area contributed by atoms with Crippen molar-refractivity contribution in [3.8, 4) is 11.5 Å². The number of piperazine rings is 1. The van der Waals surface area contributed by atoms with Gasteiger partial charge in [0.15, 0.2) is 0 Å². The lowest BCUT2D eigenvalue weighted by Gasteiger charge is -2.36. The van der Waals surface area contributed by atoms with Gasteiger partial charge >= 0.3 is 0 Å². The van der Waals surface area contributed by atoms with Crippen LogP contribution in [0.2, 0.25) is 5.02 Å². The summed E-state index contributed by atoms with van der Waals surface area (Å²) in [6.07, 6.45) is 0. The molecule has 0 aliphatic carbocycles. The molecule has 4 rings (SSSR count). The maximum absolute atomic E-state index is 12.9. The van der Waals surface area contributed by atoms with Crippen LogP contribution in [-0.4, -0.2) is 37.0 Å². The summed E-state index contributed by atoms with van der Waals surface area (Å²) in [5, 5.41) is 0.728. The van der Waals surface area contributed by atoms with Crippen LogP contribution in [0.4, 0.5) is 5.69 Å². The second-order valence-corrected chi connectivity index (χ2v) is 7.14. The van der Waals surface area contributed by atoms with E-state index in [1.807, 2.05) is 77.7 Å². The number of halogens is 1. The molecule has 3 aromatic carbocycles. The van der Waals surface area contributed by atoms with E-state index in [9.17, 15) is 4.79 Å². The van der Waals surface area contributed by atoms with Crippen LogP contribution in [0.3, 0.4) is 0 Å². The molecule has 1 amide bonds. The molecule has 142 valence electrons. The van der Waals surface area contributed by atoms with Crippen LogP contribution in [0.1, 0.15) is 10.4 Å². The van der Waals surface area contributed by atoms with Gasteiger partial charge in [0.25, 0.3) is 5.91 Å². The second kappa shape index (κ2) is 8.36. The van der Waals surface area contributed by atoms with Crippen molar-refractivity contribution >= 4 is 23.2 Å². The first-order chi connectivity index (χ1) is 13.7. The fraction of sp³-hybridized carbons (Fsp3) is 0.174. The number of para-hydroxylation sites is 1. The summed E-state index contributed by atoms with van der Waals surface area (Å²) in [6, 6.07) is 24.8. The maximum atomic E-state index is 12.9. The summed E-state index contributed by atoms with van der Waals surface area (Å²) < 4.78 is 5.85. The topological polar surface area (TPSA) is 32.8 Å². The molecule has 0 unspecified atom stereocenters. The van der Waals surface area contributed by atoms with Crippen molar-refractivity contribution in [3.63, 3.8) is 0 Å². The third kappa shape index (κ3) is 4.29. The molecule has 28 heavy (non-hydrogen) atoms. The number of hydrogen-bond donors (Lipinski definition) is 0. The number of ether oxygens (including phenoxy) is 1. The first kappa shape index (κ1) is 18.4. The highest BCUT2D eigenvalue weighted by Gasteiger charge is 2.22. The number of benzene rings is 3. The van der Waals surface area contributed by atoms with Crippen LogP contribution in [-0.2, 0) is 0 Å². The molecule has 0 atom stereocenters. The Balaban J connectivity index is 1.41. The second-order valence-electron chi connectivity index (χ2n) is 6.70. The molecule has 3 aromatic rings. The minimum atomic E-state index is 0.0317. The van der Waals surface area contributed by atoms with Gasteiger partial charge in [-0.15, -0.1) is 0 Å². The van der Waals surface area contributed by atoms with Crippen molar-refractivity contribution in [2.45, 2.75) is 0 Å². The van der Waals surface area contributed by atoms with E-state index in [1.165, 1.54) is 0 Å². The molecule has 0 saturated carbocycles. The fourth-order valence-corrected chi connectivity index (χ4v) is 3.52. The largest absolute Gasteiger partial charge is 0.457 e. The third-order valence-corrected chi connectivity index (χ3v) is 5.04. The lowest BCUT2D eigenvalue weighted by atomic mass is 10.1. The van der Waals surface area contributed by atoms with Gasteiger partial charge in [0.1, 0.15) is 11.5 Å². The molecule has 0 bridgehead atoms. The predicted octanol–water partition coefficient (Wildman–Crippen LogP) is 5.09. The number of nitrogens with zero attached hydrogens (tertiary/aromatic N) is 2. The van der Waals surface area contributed by atoms with Crippen LogP contribution >= 0.6 is 11.6 Å². The van der Waals surface area contributed by atoms with E-state index in [4.69, 9.17) is 16.3 Å². The Morgan fingerprint density at radius 3 is 2.25 bits per heavy atom. The van der Waals surface area contributed by atoms with Crippen molar-refractivity contribution in [1.82, 2.24) is 4.90 Å². The van der Waals surface area contributed by atoms with Gasteiger partial charge in [-0.2, -0.15) is 0 Å². The van der Waals surface area contributed by atoms with E-state index in [1.54, 1.807) is 6.07 Å². The van der Waals surface area contributed by atoms with Crippen LogP contribution in [0, 0.1) is 0 Å². The molecular weight excluding hydrogens is 372 g/mol. The third-order valence-electron chi connectivity index (χ3n) is 4.80. The number of carbonyl (C=O) groups excluding carboxylic acids is 1. The Labute approximate surface area is 169 Å². The van der Waals surface area contributed by atoms with Crippen molar-refractivity contribution in [2.24, 2.45) is 0 Å². The summed E-state index contributed by atoms with van der Waals surface area (Å²) >= 11 is 6.09. The van der Waals surface area contributed by atoms with Gasteiger partial charge in [-0.1, -0.05) is 41.9 Å². The fourth-order valence-electron chi connectivity index (χ4n) is 3.34. The zero-order valence-corrected chi connectivity index (χ0v) is 16.2. The molecule has 0 radical (unpaired) electrons. The van der Waals surface area contributed by atoms with Crippen LogP contribution in [0.25, 0.3) is 0 Å².